The van der Waals surface area contributed by atoms with Crippen molar-refractivity contribution in [3.63, 3.8) is 0 Å². The molecule has 0 bridgehead atoms. The van der Waals surface area contributed by atoms with Crippen LogP contribution in [0.1, 0.15) is 28.4 Å². The number of carbonyl (C=O) groups excluding carboxylic acids is 1. The Labute approximate surface area is 159 Å². The van der Waals surface area contributed by atoms with Gasteiger partial charge < -0.3 is 4.55 Å². The third kappa shape index (κ3) is 7.36. The lowest BCUT2D eigenvalue weighted by Crippen LogP contribution is -2.21. The van der Waals surface area contributed by atoms with E-state index in [0.717, 1.165) is 11.3 Å². The first kappa shape index (κ1) is 23.2. The van der Waals surface area contributed by atoms with E-state index in [0.29, 0.717) is 0 Å². The van der Waals surface area contributed by atoms with Crippen molar-refractivity contribution in [1.82, 2.24) is 0 Å². The van der Waals surface area contributed by atoms with E-state index in [-0.39, 0.29) is 16.7 Å². The van der Waals surface area contributed by atoms with Gasteiger partial charge in [-0.2, -0.15) is 13.2 Å². The van der Waals surface area contributed by atoms with Crippen molar-refractivity contribution in [2.45, 2.75) is 30.0 Å². The highest BCUT2D eigenvalue weighted by molar-refractivity contribution is 7.95. The molecule has 0 aliphatic heterocycles. The maximum absolute atomic E-state index is 11.3. The molecular formula is C18H19F3O4S2. The maximum Gasteiger partial charge on any atom is 0.485 e. The van der Waals surface area contributed by atoms with Crippen LogP contribution in [-0.2, 0) is 26.8 Å². The van der Waals surface area contributed by atoms with Gasteiger partial charge in [0.25, 0.3) is 0 Å². The molecule has 27 heavy (non-hydrogen) atoms. The molecular weight excluding hydrogens is 401 g/mol. The molecule has 0 aliphatic rings. The van der Waals surface area contributed by atoms with Gasteiger partial charge in [0.05, 0.1) is 0 Å². The van der Waals surface area contributed by atoms with Crippen LogP contribution < -0.4 is 0 Å². The quantitative estimate of drug-likeness (QED) is 0.324. The molecule has 0 amide bonds. The molecule has 2 rings (SSSR count). The van der Waals surface area contributed by atoms with Gasteiger partial charge in [-0.15, -0.1) is 0 Å². The molecule has 0 aliphatic carbocycles. The normalized spacial score (nSPS) is 12.7. The number of hydrogen-bond donors (Lipinski definition) is 0. The van der Waals surface area contributed by atoms with Gasteiger partial charge in [-0.05, 0) is 43.7 Å². The summed E-state index contributed by atoms with van der Waals surface area (Å²) in [5.41, 5.74) is -2.10. The summed E-state index contributed by atoms with van der Waals surface area (Å²) in [6, 6.07) is 16.6. The molecule has 1 unspecified atom stereocenters. The summed E-state index contributed by atoms with van der Waals surface area (Å²) in [6.07, 6.45) is 2.26. The van der Waals surface area contributed by atoms with Gasteiger partial charge in [0.2, 0.25) is 0 Å². The monoisotopic (exact) mass is 420 g/mol. The molecule has 0 N–H and O–H groups in total. The van der Waals surface area contributed by atoms with E-state index in [9.17, 15) is 18.0 Å². The minimum absolute atomic E-state index is 0.126. The van der Waals surface area contributed by atoms with Crippen LogP contribution in [0.3, 0.4) is 0 Å². The highest BCUT2D eigenvalue weighted by Gasteiger charge is 2.36. The summed E-state index contributed by atoms with van der Waals surface area (Å²) >= 11 is 0. The predicted octanol–water partition coefficient (Wildman–Crippen LogP) is 4.06. The summed E-state index contributed by atoms with van der Waals surface area (Å²) in [4.78, 5) is 12.6. The summed E-state index contributed by atoms with van der Waals surface area (Å²) in [5.74, 6) is 1.19. The van der Waals surface area contributed by atoms with Crippen LogP contribution >= 0.6 is 0 Å². The third-order valence-corrected chi connectivity index (χ3v) is 5.97. The Morgan fingerprint density at radius 3 is 1.96 bits per heavy atom. The Bertz CT molecular complexity index is 876. The van der Waals surface area contributed by atoms with Crippen molar-refractivity contribution in [2.24, 2.45) is 0 Å². The van der Waals surface area contributed by atoms with Gasteiger partial charge in [-0.1, -0.05) is 24.3 Å². The lowest BCUT2D eigenvalue weighted by molar-refractivity contribution is -0.0517. The van der Waals surface area contributed by atoms with Crippen LogP contribution in [-0.4, -0.2) is 30.5 Å². The molecule has 0 saturated heterocycles. The topological polar surface area (TPSA) is 74.3 Å². The number of rotatable bonds is 4. The number of ketones is 1. The summed E-state index contributed by atoms with van der Waals surface area (Å²) in [7, 11) is -5.92. The zero-order valence-corrected chi connectivity index (χ0v) is 16.5. The molecule has 9 heteroatoms. The molecule has 4 nitrogen and oxygen atoms in total. The molecule has 1 atom stereocenters. The van der Waals surface area contributed by atoms with Crippen molar-refractivity contribution in [3.05, 3.63) is 65.2 Å². The van der Waals surface area contributed by atoms with Crippen LogP contribution in [0.2, 0.25) is 0 Å². The van der Waals surface area contributed by atoms with Gasteiger partial charge >= 0.3 is 5.51 Å². The zero-order valence-electron chi connectivity index (χ0n) is 14.9. The Hall–Kier alpha value is -1.84. The Morgan fingerprint density at radius 2 is 1.56 bits per heavy atom. The first-order chi connectivity index (χ1) is 12.3. The van der Waals surface area contributed by atoms with Crippen LogP contribution in [0.5, 0.6) is 0 Å². The van der Waals surface area contributed by atoms with E-state index >= 15 is 0 Å². The highest BCUT2D eigenvalue weighted by Crippen LogP contribution is 2.21. The van der Waals surface area contributed by atoms with E-state index < -0.39 is 15.6 Å². The number of aryl methyl sites for hydroxylation is 1. The second-order valence-electron chi connectivity index (χ2n) is 5.69. The Kier molecular flexibility index (Phi) is 8.06. The van der Waals surface area contributed by atoms with E-state index in [4.69, 9.17) is 13.0 Å². The Morgan fingerprint density at radius 1 is 1.07 bits per heavy atom. The van der Waals surface area contributed by atoms with E-state index in [1.807, 2.05) is 12.1 Å². The number of benzene rings is 2. The van der Waals surface area contributed by atoms with Gasteiger partial charge in [0.1, 0.15) is 12.0 Å². The number of hydrogen-bond acceptors (Lipinski definition) is 4. The van der Waals surface area contributed by atoms with Gasteiger partial charge in [0.15, 0.2) is 20.8 Å². The number of Topliss-reactive ketones (excluding diaryl/α,β-unsaturated/α-hetero) is 1. The predicted molar refractivity (Wildman–Crippen MR) is 98.6 cm³/mol. The molecule has 0 fully saturated rings. The molecule has 0 aromatic heterocycles. The number of alkyl halides is 3. The molecule has 2 aromatic rings. The highest BCUT2D eigenvalue weighted by atomic mass is 32.2. The largest absolute Gasteiger partial charge is 0.741 e. The minimum Gasteiger partial charge on any atom is -0.741 e. The lowest BCUT2D eigenvalue weighted by atomic mass is 10.1. The van der Waals surface area contributed by atoms with Crippen molar-refractivity contribution < 1.29 is 30.9 Å². The standard InChI is InChI=1S/C17H19OS.CHF3O3S/c1-13-6-4-5-7-16(13)12-19(3)17-10-8-15(9-11-17)14(2)18;2-1(3,4)8(5,6)7/h4-11H,12H2,1-3H3;(H,5,6,7)/q+1;/p-1. The van der Waals surface area contributed by atoms with E-state index in [1.165, 1.54) is 16.0 Å². The summed E-state index contributed by atoms with van der Waals surface area (Å²) in [6.45, 7) is 3.76. The second kappa shape index (κ2) is 9.38. The van der Waals surface area contributed by atoms with Gasteiger partial charge in [0, 0.05) is 22.0 Å². The molecule has 0 radical (unpaired) electrons. The molecule has 0 saturated carbocycles. The van der Waals surface area contributed by atoms with Crippen LogP contribution in [0.15, 0.2) is 53.4 Å². The smallest absolute Gasteiger partial charge is 0.485 e. The summed E-state index contributed by atoms with van der Waals surface area (Å²) < 4.78 is 58.9. The average Bonchev–Trinajstić information content (AvgIpc) is 2.55. The molecule has 0 heterocycles. The number of carbonyl (C=O) groups is 1. The van der Waals surface area contributed by atoms with Crippen LogP contribution in [0.25, 0.3) is 0 Å². The fourth-order valence-corrected chi connectivity index (χ4v) is 3.57. The van der Waals surface area contributed by atoms with Gasteiger partial charge in [-0.25, -0.2) is 8.42 Å². The van der Waals surface area contributed by atoms with Crippen molar-refractivity contribution in [2.75, 3.05) is 6.26 Å². The number of halogens is 3. The van der Waals surface area contributed by atoms with Gasteiger partial charge in [-0.3, -0.25) is 4.79 Å². The van der Waals surface area contributed by atoms with Crippen molar-refractivity contribution in [3.8, 4) is 0 Å². The molecule has 0 spiro atoms. The lowest BCUT2D eigenvalue weighted by Gasteiger charge is -2.08. The molecule has 148 valence electrons. The molecule has 2 aromatic carbocycles. The van der Waals surface area contributed by atoms with Crippen molar-refractivity contribution in [1.29, 1.82) is 0 Å². The fraction of sp³-hybridized carbons (Fsp3) is 0.278. The zero-order chi connectivity index (χ0) is 20.8. The van der Waals surface area contributed by atoms with E-state index in [1.54, 1.807) is 6.92 Å². The second-order valence-corrected chi connectivity index (χ2v) is 9.09. The fourth-order valence-electron chi connectivity index (χ4n) is 2.01. The SMILES string of the molecule is CC(=O)c1ccc([S+](C)Cc2ccccc2C)cc1.O=S(=O)([O-])C(F)(F)F. The first-order valence-electron chi connectivity index (χ1n) is 7.63. The van der Waals surface area contributed by atoms with Crippen LogP contribution in [0, 0.1) is 6.92 Å². The first-order valence-corrected chi connectivity index (χ1v) is 10.8. The Balaban J connectivity index is 0.000000387. The average molecular weight is 420 g/mol. The van der Waals surface area contributed by atoms with E-state index in [2.05, 4.69) is 49.6 Å². The van der Waals surface area contributed by atoms with Crippen LogP contribution in [0.4, 0.5) is 13.2 Å². The summed E-state index contributed by atoms with van der Waals surface area (Å²) in [5, 5.41) is 0. The maximum atomic E-state index is 11.3. The third-order valence-electron chi connectivity index (χ3n) is 3.58. The van der Waals surface area contributed by atoms with Crippen molar-refractivity contribution >= 4 is 26.8 Å². The minimum atomic E-state index is -6.09.